The smallest absolute Gasteiger partial charge is 0.409 e. The van der Waals surface area contributed by atoms with Gasteiger partial charge < -0.3 is 14.9 Å². The number of phenolic OH excluding ortho intramolecular Hbond substituents is 1. The highest BCUT2D eigenvalue weighted by molar-refractivity contribution is 5.66. The zero-order valence-corrected chi connectivity index (χ0v) is 7.96. The van der Waals surface area contributed by atoms with Crippen LogP contribution in [0.25, 0.3) is 0 Å². The zero-order valence-electron chi connectivity index (χ0n) is 7.96. The van der Waals surface area contributed by atoms with Gasteiger partial charge in [-0.05, 0) is 6.07 Å². The first-order valence-corrected chi connectivity index (χ1v) is 4.59. The molecular formula is C10H11NO4. The van der Waals surface area contributed by atoms with Crippen molar-refractivity contribution in [1.82, 2.24) is 4.90 Å². The Morgan fingerprint density at radius 1 is 1.47 bits per heavy atom. The predicted octanol–water partition coefficient (Wildman–Crippen LogP) is 1.40. The number of rotatable bonds is 1. The molecule has 5 nitrogen and oxygen atoms in total. The number of para-hydroxylation sites is 1. The van der Waals surface area contributed by atoms with Crippen LogP contribution in [0.5, 0.6) is 5.75 Å². The van der Waals surface area contributed by atoms with Gasteiger partial charge >= 0.3 is 6.09 Å². The SMILES string of the molecule is O=C(O)N1CCOC1c1ccccc1O. The molecule has 1 heterocycles. The molecule has 0 radical (unpaired) electrons. The molecule has 0 saturated carbocycles. The van der Waals surface area contributed by atoms with Gasteiger partial charge in [0.2, 0.25) is 0 Å². The van der Waals surface area contributed by atoms with Crippen LogP contribution in [0.15, 0.2) is 24.3 Å². The van der Waals surface area contributed by atoms with Gasteiger partial charge in [-0.15, -0.1) is 0 Å². The molecule has 0 aromatic heterocycles. The Hall–Kier alpha value is -1.75. The molecule has 0 bridgehead atoms. The van der Waals surface area contributed by atoms with E-state index in [1.54, 1.807) is 18.2 Å². The second-order valence-corrected chi connectivity index (χ2v) is 3.26. The van der Waals surface area contributed by atoms with Crippen molar-refractivity contribution in [3.63, 3.8) is 0 Å². The van der Waals surface area contributed by atoms with Crippen LogP contribution in [0.2, 0.25) is 0 Å². The van der Waals surface area contributed by atoms with Crippen LogP contribution in [0, 0.1) is 0 Å². The number of ether oxygens (including phenoxy) is 1. The summed E-state index contributed by atoms with van der Waals surface area (Å²) in [5, 5.41) is 18.5. The summed E-state index contributed by atoms with van der Waals surface area (Å²) in [5.41, 5.74) is 0.484. The Kier molecular flexibility index (Phi) is 2.47. The normalized spacial score (nSPS) is 20.5. The van der Waals surface area contributed by atoms with E-state index in [0.29, 0.717) is 18.7 Å². The fourth-order valence-corrected chi connectivity index (χ4v) is 1.62. The lowest BCUT2D eigenvalue weighted by molar-refractivity contribution is 0.0337. The fraction of sp³-hybridized carbons (Fsp3) is 0.300. The molecule has 80 valence electrons. The topological polar surface area (TPSA) is 70.0 Å². The van der Waals surface area contributed by atoms with Gasteiger partial charge in [-0.2, -0.15) is 0 Å². The Bertz CT molecular complexity index is 379. The maximum Gasteiger partial charge on any atom is 0.409 e. The van der Waals surface area contributed by atoms with Gasteiger partial charge in [0.25, 0.3) is 0 Å². The maximum atomic E-state index is 10.9. The van der Waals surface area contributed by atoms with Gasteiger partial charge in [-0.25, -0.2) is 4.79 Å². The van der Waals surface area contributed by atoms with Gasteiger partial charge in [0, 0.05) is 5.56 Å². The van der Waals surface area contributed by atoms with Crippen LogP contribution >= 0.6 is 0 Å². The Morgan fingerprint density at radius 3 is 2.87 bits per heavy atom. The van der Waals surface area contributed by atoms with E-state index in [4.69, 9.17) is 9.84 Å². The van der Waals surface area contributed by atoms with E-state index < -0.39 is 12.3 Å². The highest BCUT2D eigenvalue weighted by atomic mass is 16.5. The third-order valence-corrected chi connectivity index (χ3v) is 2.34. The molecule has 1 aliphatic rings. The first-order valence-electron chi connectivity index (χ1n) is 4.59. The molecule has 1 amide bonds. The van der Waals surface area contributed by atoms with E-state index in [-0.39, 0.29) is 5.75 Å². The van der Waals surface area contributed by atoms with Crippen molar-refractivity contribution in [1.29, 1.82) is 0 Å². The van der Waals surface area contributed by atoms with Gasteiger partial charge in [-0.1, -0.05) is 18.2 Å². The zero-order chi connectivity index (χ0) is 10.8. The molecule has 1 atom stereocenters. The lowest BCUT2D eigenvalue weighted by Gasteiger charge is -2.20. The van der Waals surface area contributed by atoms with Crippen molar-refractivity contribution in [2.75, 3.05) is 13.2 Å². The second-order valence-electron chi connectivity index (χ2n) is 3.26. The molecule has 1 saturated heterocycles. The molecule has 0 spiro atoms. The number of benzene rings is 1. The van der Waals surface area contributed by atoms with Crippen molar-refractivity contribution >= 4 is 6.09 Å². The quantitative estimate of drug-likeness (QED) is 0.733. The Balaban J connectivity index is 2.30. The van der Waals surface area contributed by atoms with Crippen LogP contribution in [0.3, 0.4) is 0 Å². The van der Waals surface area contributed by atoms with E-state index in [9.17, 15) is 9.90 Å². The molecule has 15 heavy (non-hydrogen) atoms. The van der Waals surface area contributed by atoms with Crippen molar-refractivity contribution < 1.29 is 19.7 Å². The van der Waals surface area contributed by atoms with Crippen LogP contribution in [0.1, 0.15) is 11.8 Å². The Labute approximate surface area is 86.5 Å². The number of nitrogens with zero attached hydrogens (tertiary/aromatic N) is 1. The standard InChI is InChI=1S/C10H11NO4/c12-8-4-2-1-3-7(8)9-11(10(13)14)5-6-15-9/h1-4,9,12H,5-6H2,(H,13,14). The number of aromatic hydroxyl groups is 1. The number of phenols is 1. The van der Waals surface area contributed by atoms with E-state index in [1.165, 1.54) is 6.07 Å². The lowest BCUT2D eigenvalue weighted by Crippen LogP contribution is -2.29. The number of amides is 1. The fourth-order valence-electron chi connectivity index (χ4n) is 1.62. The average molecular weight is 209 g/mol. The number of hydrogen-bond acceptors (Lipinski definition) is 3. The minimum Gasteiger partial charge on any atom is -0.507 e. The molecule has 1 aromatic rings. The molecule has 2 N–H and O–H groups in total. The summed E-state index contributed by atoms with van der Waals surface area (Å²) in [6.07, 6.45) is -1.73. The van der Waals surface area contributed by atoms with Crippen LogP contribution in [-0.4, -0.2) is 34.4 Å². The summed E-state index contributed by atoms with van der Waals surface area (Å²) in [5.74, 6) is 0.0515. The first-order chi connectivity index (χ1) is 7.20. The van der Waals surface area contributed by atoms with E-state index in [0.717, 1.165) is 4.90 Å². The average Bonchev–Trinajstić information content (AvgIpc) is 2.67. The van der Waals surface area contributed by atoms with Crippen LogP contribution in [0.4, 0.5) is 4.79 Å². The molecule has 5 heteroatoms. The summed E-state index contributed by atoms with van der Waals surface area (Å²) < 4.78 is 5.28. The minimum absolute atomic E-state index is 0.0515. The van der Waals surface area contributed by atoms with Crippen molar-refractivity contribution in [3.8, 4) is 5.75 Å². The van der Waals surface area contributed by atoms with Gasteiger partial charge in [0.15, 0.2) is 6.23 Å². The molecular weight excluding hydrogens is 198 g/mol. The molecule has 1 unspecified atom stereocenters. The summed E-state index contributed by atoms with van der Waals surface area (Å²) >= 11 is 0. The van der Waals surface area contributed by atoms with Gasteiger partial charge in [0.1, 0.15) is 5.75 Å². The molecule has 2 rings (SSSR count). The molecule has 1 aromatic carbocycles. The third kappa shape index (κ3) is 1.73. The summed E-state index contributed by atoms with van der Waals surface area (Å²) in [6, 6.07) is 6.58. The summed E-state index contributed by atoms with van der Waals surface area (Å²) in [6.45, 7) is 0.680. The van der Waals surface area contributed by atoms with Crippen LogP contribution in [-0.2, 0) is 4.74 Å². The van der Waals surface area contributed by atoms with Gasteiger partial charge in [-0.3, -0.25) is 4.90 Å². The van der Waals surface area contributed by atoms with Gasteiger partial charge in [0.05, 0.1) is 13.2 Å². The third-order valence-electron chi connectivity index (χ3n) is 2.34. The first kappa shape index (κ1) is 9.79. The van der Waals surface area contributed by atoms with Crippen molar-refractivity contribution in [2.24, 2.45) is 0 Å². The monoisotopic (exact) mass is 209 g/mol. The second kappa shape index (κ2) is 3.78. The van der Waals surface area contributed by atoms with Crippen LogP contribution < -0.4 is 0 Å². The number of carboxylic acid groups (broad SMARTS) is 1. The largest absolute Gasteiger partial charge is 0.507 e. The maximum absolute atomic E-state index is 10.9. The predicted molar refractivity (Wildman–Crippen MR) is 51.5 cm³/mol. The highest BCUT2D eigenvalue weighted by Crippen LogP contribution is 2.32. The molecule has 1 aliphatic heterocycles. The molecule has 1 fully saturated rings. The van der Waals surface area contributed by atoms with E-state index in [2.05, 4.69) is 0 Å². The summed E-state index contributed by atoms with van der Waals surface area (Å²) in [4.78, 5) is 12.0. The lowest BCUT2D eigenvalue weighted by atomic mass is 10.1. The summed E-state index contributed by atoms with van der Waals surface area (Å²) in [7, 11) is 0. The van der Waals surface area contributed by atoms with Crippen molar-refractivity contribution in [3.05, 3.63) is 29.8 Å². The van der Waals surface area contributed by atoms with E-state index in [1.807, 2.05) is 0 Å². The number of hydrogen-bond donors (Lipinski definition) is 2. The van der Waals surface area contributed by atoms with Crippen molar-refractivity contribution in [2.45, 2.75) is 6.23 Å². The highest BCUT2D eigenvalue weighted by Gasteiger charge is 2.32. The minimum atomic E-state index is -1.04. The Morgan fingerprint density at radius 2 is 2.20 bits per heavy atom. The number of carbonyl (C=O) groups is 1. The molecule has 0 aliphatic carbocycles. The van der Waals surface area contributed by atoms with E-state index >= 15 is 0 Å².